The van der Waals surface area contributed by atoms with Crippen LogP contribution in [0.1, 0.15) is 13.8 Å². The van der Waals surface area contributed by atoms with Crippen LogP contribution in [-0.2, 0) is 0 Å². The largest absolute Gasteiger partial charge is 0.486 e. The van der Waals surface area contributed by atoms with E-state index in [2.05, 4.69) is 15.3 Å². The van der Waals surface area contributed by atoms with E-state index < -0.39 is 11.6 Å². The number of nitrogens with zero attached hydrogens (tertiary/aromatic N) is 3. The van der Waals surface area contributed by atoms with Crippen LogP contribution in [0.3, 0.4) is 0 Å². The van der Waals surface area contributed by atoms with Crippen molar-refractivity contribution < 1.29 is 13.5 Å². The molecule has 3 aromatic rings. The highest BCUT2D eigenvalue weighted by molar-refractivity contribution is 5.73. The molecule has 7 heteroatoms. The maximum Gasteiger partial charge on any atom is 0.227 e. The normalized spacial score (nSPS) is 13.2. The number of aromatic nitrogens is 2. The highest BCUT2D eigenvalue weighted by Gasteiger charge is 2.25. The van der Waals surface area contributed by atoms with Gasteiger partial charge in [0.25, 0.3) is 0 Å². The van der Waals surface area contributed by atoms with E-state index in [4.69, 9.17) is 4.74 Å². The molecule has 2 heterocycles. The number of hydrogen-bond acceptors (Lipinski definition) is 5. The van der Waals surface area contributed by atoms with Crippen LogP contribution in [0, 0.1) is 11.6 Å². The first kappa shape index (κ1) is 18.2. The van der Waals surface area contributed by atoms with Gasteiger partial charge < -0.3 is 15.0 Å². The molecule has 1 aromatic heterocycles. The molecule has 0 spiro atoms. The Morgan fingerprint density at radius 3 is 2.64 bits per heavy atom. The minimum absolute atomic E-state index is 0.0319. The molecule has 0 radical (unpaired) electrons. The van der Waals surface area contributed by atoms with E-state index >= 15 is 0 Å². The lowest BCUT2D eigenvalue weighted by Gasteiger charge is -2.34. The molecular formula is C21H20F2N4O. The van der Waals surface area contributed by atoms with Crippen molar-refractivity contribution in [3.8, 4) is 17.0 Å². The fraction of sp³-hybridized carbons (Fsp3) is 0.238. The van der Waals surface area contributed by atoms with Crippen LogP contribution in [0.2, 0.25) is 0 Å². The molecule has 0 saturated heterocycles. The summed E-state index contributed by atoms with van der Waals surface area (Å²) in [4.78, 5) is 10.3. The summed E-state index contributed by atoms with van der Waals surface area (Å²) in [5.74, 6) is -0.724. The Kier molecular flexibility index (Phi) is 4.81. The lowest BCUT2D eigenvalue weighted by Crippen LogP contribution is -2.38. The van der Waals surface area contributed by atoms with Gasteiger partial charge in [0.05, 0.1) is 18.4 Å². The zero-order chi connectivity index (χ0) is 19.7. The second kappa shape index (κ2) is 7.42. The van der Waals surface area contributed by atoms with E-state index in [0.717, 1.165) is 11.9 Å². The highest BCUT2D eigenvalue weighted by atomic mass is 19.1. The molecule has 144 valence electrons. The first-order chi connectivity index (χ1) is 13.5. The Morgan fingerprint density at radius 1 is 1.11 bits per heavy atom. The molecule has 2 aromatic carbocycles. The second-order valence-electron chi connectivity index (χ2n) is 6.82. The monoisotopic (exact) mass is 382 g/mol. The van der Waals surface area contributed by atoms with Gasteiger partial charge >= 0.3 is 0 Å². The molecule has 1 aliphatic heterocycles. The third kappa shape index (κ3) is 3.47. The fourth-order valence-electron chi connectivity index (χ4n) is 3.26. The van der Waals surface area contributed by atoms with Crippen molar-refractivity contribution >= 4 is 17.3 Å². The lowest BCUT2D eigenvalue weighted by molar-refractivity contribution is 0.287. The third-order valence-corrected chi connectivity index (χ3v) is 4.58. The summed E-state index contributed by atoms with van der Waals surface area (Å²) in [6.45, 7) is 5.09. The van der Waals surface area contributed by atoms with Gasteiger partial charge in [-0.1, -0.05) is 18.2 Å². The van der Waals surface area contributed by atoms with Crippen molar-refractivity contribution in [1.82, 2.24) is 9.97 Å². The van der Waals surface area contributed by atoms with Crippen molar-refractivity contribution in [2.24, 2.45) is 0 Å². The number of nitrogens with one attached hydrogen (secondary N) is 1. The number of ether oxygens (including phenoxy) is 1. The summed E-state index contributed by atoms with van der Waals surface area (Å²) in [5, 5.41) is 3.03. The number of anilines is 3. The van der Waals surface area contributed by atoms with Crippen molar-refractivity contribution in [2.75, 3.05) is 23.4 Å². The molecule has 0 fully saturated rings. The molecular weight excluding hydrogens is 362 g/mol. The molecule has 0 aliphatic carbocycles. The molecule has 0 amide bonds. The van der Waals surface area contributed by atoms with Crippen LogP contribution in [0.15, 0.2) is 48.7 Å². The summed E-state index contributed by atoms with van der Waals surface area (Å²) in [7, 11) is 0. The first-order valence-corrected chi connectivity index (χ1v) is 9.11. The van der Waals surface area contributed by atoms with Gasteiger partial charge in [0.1, 0.15) is 12.3 Å². The minimum atomic E-state index is -0.620. The standard InChI is InChI=1S/C21H20F2N4O/c1-13(2)27-8-9-28-20-16(22)10-14(11-18(20)27)19-17(23)12-24-21(26-19)25-15-6-4-3-5-7-15/h3-7,10-13H,8-9H2,1-2H3,(H,24,25,26). The van der Waals surface area contributed by atoms with Crippen LogP contribution in [0.25, 0.3) is 11.3 Å². The van der Waals surface area contributed by atoms with E-state index in [1.807, 2.05) is 49.1 Å². The average molecular weight is 382 g/mol. The van der Waals surface area contributed by atoms with E-state index in [1.165, 1.54) is 6.07 Å². The predicted octanol–water partition coefficient (Wildman–Crippen LogP) is 4.77. The van der Waals surface area contributed by atoms with Gasteiger partial charge in [0.2, 0.25) is 5.95 Å². The maximum atomic E-state index is 14.7. The zero-order valence-corrected chi connectivity index (χ0v) is 15.6. The summed E-state index contributed by atoms with van der Waals surface area (Å²) >= 11 is 0. The molecule has 0 atom stereocenters. The molecule has 1 aliphatic rings. The smallest absolute Gasteiger partial charge is 0.227 e. The van der Waals surface area contributed by atoms with Crippen LogP contribution in [-0.4, -0.2) is 29.2 Å². The van der Waals surface area contributed by atoms with E-state index in [0.29, 0.717) is 24.4 Å². The second-order valence-corrected chi connectivity index (χ2v) is 6.82. The predicted molar refractivity (Wildman–Crippen MR) is 105 cm³/mol. The van der Waals surface area contributed by atoms with Crippen LogP contribution < -0.4 is 15.0 Å². The SMILES string of the molecule is CC(C)N1CCOc2c(F)cc(-c3nc(Nc4ccccc4)ncc3F)cc21. The molecule has 0 saturated carbocycles. The summed E-state index contributed by atoms with van der Waals surface area (Å²) in [6.07, 6.45) is 1.08. The highest BCUT2D eigenvalue weighted by Crippen LogP contribution is 2.39. The maximum absolute atomic E-state index is 14.7. The lowest BCUT2D eigenvalue weighted by atomic mass is 10.1. The van der Waals surface area contributed by atoms with Crippen LogP contribution >= 0.6 is 0 Å². The molecule has 5 nitrogen and oxygen atoms in total. The Balaban J connectivity index is 1.76. The number of halogens is 2. The molecule has 28 heavy (non-hydrogen) atoms. The summed E-state index contributed by atoms with van der Waals surface area (Å²) in [6, 6.07) is 12.4. The molecule has 1 N–H and O–H groups in total. The molecule has 0 unspecified atom stereocenters. The summed E-state index contributed by atoms with van der Waals surface area (Å²) < 4.78 is 34.7. The third-order valence-electron chi connectivity index (χ3n) is 4.58. The molecule has 0 bridgehead atoms. The van der Waals surface area contributed by atoms with Crippen molar-refractivity contribution in [3.63, 3.8) is 0 Å². The number of para-hydroxylation sites is 1. The Labute approximate surface area is 162 Å². The fourth-order valence-corrected chi connectivity index (χ4v) is 3.26. The Hall–Kier alpha value is -3.22. The Morgan fingerprint density at radius 2 is 1.89 bits per heavy atom. The van der Waals surface area contributed by atoms with Crippen molar-refractivity contribution in [1.29, 1.82) is 0 Å². The van der Waals surface area contributed by atoms with Gasteiger partial charge in [-0.05, 0) is 38.1 Å². The van der Waals surface area contributed by atoms with E-state index in [1.54, 1.807) is 6.07 Å². The van der Waals surface area contributed by atoms with Gasteiger partial charge in [-0.3, -0.25) is 0 Å². The van der Waals surface area contributed by atoms with Crippen molar-refractivity contribution in [3.05, 3.63) is 60.3 Å². The topological polar surface area (TPSA) is 50.3 Å². The van der Waals surface area contributed by atoms with Crippen LogP contribution in [0.5, 0.6) is 5.75 Å². The van der Waals surface area contributed by atoms with Gasteiger partial charge in [0.15, 0.2) is 17.4 Å². The van der Waals surface area contributed by atoms with Gasteiger partial charge in [0, 0.05) is 17.3 Å². The van der Waals surface area contributed by atoms with E-state index in [9.17, 15) is 8.78 Å². The minimum Gasteiger partial charge on any atom is -0.486 e. The number of fused-ring (bicyclic) bond motifs is 1. The number of benzene rings is 2. The van der Waals surface area contributed by atoms with Crippen LogP contribution in [0.4, 0.5) is 26.1 Å². The van der Waals surface area contributed by atoms with E-state index in [-0.39, 0.29) is 23.4 Å². The number of hydrogen-bond donors (Lipinski definition) is 1. The quantitative estimate of drug-likeness (QED) is 0.704. The number of rotatable bonds is 4. The average Bonchev–Trinajstić information content (AvgIpc) is 2.69. The molecule has 4 rings (SSSR count). The zero-order valence-electron chi connectivity index (χ0n) is 15.6. The van der Waals surface area contributed by atoms with Gasteiger partial charge in [-0.2, -0.15) is 0 Å². The Bertz CT molecular complexity index is 995. The van der Waals surface area contributed by atoms with Gasteiger partial charge in [-0.15, -0.1) is 0 Å². The summed E-state index contributed by atoms with van der Waals surface area (Å²) in [5.41, 5.74) is 1.75. The van der Waals surface area contributed by atoms with Crippen molar-refractivity contribution in [2.45, 2.75) is 19.9 Å². The first-order valence-electron chi connectivity index (χ1n) is 9.11. The van der Waals surface area contributed by atoms with Gasteiger partial charge in [-0.25, -0.2) is 18.7 Å².